The smallest absolute Gasteiger partial charge is 0.303 e. The molecule has 0 aliphatic carbocycles. The zero-order valence-corrected chi connectivity index (χ0v) is 10.6. The van der Waals surface area contributed by atoms with Gasteiger partial charge in [0.05, 0.1) is 0 Å². The van der Waals surface area contributed by atoms with Gasteiger partial charge < -0.3 is 5.11 Å². The van der Waals surface area contributed by atoms with Crippen molar-refractivity contribution in [2.24, 2.45) is 0 Å². The van der Waals surface area contributed by atoms with Gasteiger partial charge in [0.1, 0.15) is 0 Å². The third-order valence-electron chi connectivity index (χ3n) is 2.24. The molecule has 1 aromatic carbocycles. The molecule has 0 fully saturated rings. The molecule has 16 heavy (non-hydrogen) atoms. The van der Waals surface area contributed by atoms with Gasteiger partial charge in [-0.05, 0) is 24.0 Å². The van der Waals surface area contributed by atoms with E-state index >= 15 is 0 Å². The number of rotatable bonds is 6. The molecule has 0 aliphatic heterocycles. The van der Waals surface area contributed by atoms with Crippen LogP contribution < -0.4 is 0 Å². The second-order valence-electron chi connectivity index (χ2n) is 3.47. The highest BCUT2D eigenvalue weighted by atomic mass is 79.9. The summed E-state index contributed by atoms with van der Waals surface area (Å²) < 4.78 is 0. The molecule has 0 heterocycles. The van der Waals surface area contributed by atoms with Crippen LogP contribution in [0.4, 0.5) is 0 Å². The van der Waals surface area contributed by atoms with E-state index in [-0.39, 0.29) is 6.42 Å². The van der Waals surface area contributed by atoms with Gasteiger partial charge >= 0.3 is 5.97 Å². The van der Waals surface area contributed by atoms with Crippen LogP contribution in [0.3, 0.4) is 0 Å². The first kappa shape index (κ1) is 13.0. The van der Waals surface area contributed by atoms with Crippen LogP contribution in [0.1, 0.15) is 24.0 Å². The quantitative estimate of drug-likeness (QED) is 0.811. The molecule has 3 heteroatoms. The first-order valence-corrected chi connectivity index (χ1v) is 6.38. The molecule has 0 unspecified atom stereocenters. The van der Waals surface area contributed by atoms with Crippen molar-refractivity contribution < 1.29 is 9.90 Å². The molecule has 86 valence electrons. The van der Waals surface area contributed by atoms with Gasteiger partial charge in [0.25, 0.3) is 0 Å². The Kier molecular flexibility index (Phi) is 5.86. The summed E-state index contributed by atoms with van der Waals surface area (Å²) in [5.74, 6) is -0.751. The highest BCUT2D eigenvalue weighted by Gasteiger charge is 2.01. The molecule has 0 spiro atoms. The molecule has 0 radical (unpaired) electrons. The minimum atomic E-state index is -0.751. The van der Waals surface area contributed by atoms with E-state index in [4.69, 9.17) is 5.11 Å². The van der Waals surface area contributed by atoms with Crippen molar-refractivity contribution in [3.8, 4) is 0 Å². The first-order chi connectivity index (χ1) is 7.74. The Morgan fingerprint density at radius 3 is 2.81 bits per heavy atom. The van der Waals surface area contributed by atoms with E-state index in [2.05, 4.69) is 28.1 Å². The summed E-state index contributed by atoms with van der Waals surface area (Å²) in [6.45, 7) is 0. The molecule has 1 N–H and O–H groups in total. The standard InChI is InChI=1S/C13H15BrO2/c14-10-4-3-7-11-5-1-2-6-12(11)8-9-13(15)16/h1-3,5-7H,4,8-10H2,(H,15,16). The van der Waals surface area contributed by atoms with Crippen molar-refractivity contribution in [2.75, 3.05) is 5.33 Å². The molecule has 0 saturated carbocycles. The van der Waals surface area contributed by atoms with Crippen molar-refractivity contribution in [1.82, 2.24) is 0 Å². The van der Waals surface area contributed by atoms with Crippen molar-refractivity contribution in [2.45, 2.75) is 19.3 Å². The number of hydrogen-bond acceptors (Lipinski definition) is 1. The van der Waals surface area contributed by atoms with Gasteiger partial charge in [-0.1, -0.05) is 52.3 Å². The summed E-state index contributed by atoms with van der Waals surface area (Å²) in [6, 6.07) is 7.91. The molecule has 0 aromatic heterocycles. The average molecular weight is 283 g/mol. The van der Waals surface area contributed by atoms with Crippen molar-refractivity contribution in [3.05, 3.63) is 41.5 Å². The molecular formula is C13H15BrO2. The Hall–Kier alpha value is -1.09. The number of alkyl halides is 1. The molecular weight excluding hydrogens is 268 g/mol. The van der Waals surface area contributed by atoms with Gasteiger partial charge in [-0.15, -0.1) is 0 Å². The fourth-order valence-electron chi connectivity index (χ4n) is 1.44. The van der Waals surface area contributed by atoms with Gasteiger partial charge in [-0.2, -0.15) is 0 Å². The predicted octanol–water partition coefficient (Wildman–Crippen LogP) is 3.50. The van der Waals surface area contributed by atoms with E-state index < -0.39 is 5.97 Å². The van der Waals surface area contributed by atoms with Crippen LogP contribution >= 0.6 is 15.9 Å². The van der Waals surface area contributed by atoms with Crippen molar-refractivity contribution >= 4 is 28.0 Å². The van der Waals surface area contributed by atoms with Gasteiger partial charge in [0, 0.05) is 11.8 Å². The number of carbonyl (C=O) groups is 1. The SMILES string of the molecule is O=C(O)CCc1ccccc1C=CCCBr. The Morgan fingerprint density at radius 2 is 2.12 bits per heavy atom. The zero-order valence-electron chi connectivity index (χ0n) is 9.03. The lowest BCUT2D eigenvalue weighted by atomic mass is 10.0. The Morgan fingerprint density at radius 1 is 1.38 bits per heavy atom. The monoisotopic (exact) mass is 282 g/mol. The number of allylic oxidation sites excluding steroid dienone is 1. The summed E-state index contributed by atoms with van der Waals surface area (Å²) in [7, 11) is 0. The van der Waals surface area contributed by atoms with E-state index in [1.807, 2.05) is 24.3 Å². The van der Waals surface area contributed by atoms with Gasteiger partial charge in [0.2, 0.25) is 0 Å². The maximum absolute atomic E-state index is 10.5. The van der Waals surface area contributed by atoms with Crippen molar-refractivity contribution in [1.29, 1.82) is 0 Å². The fraction of sp³-hybridized carbons (Fsp3) is 0.308. The lowest BCUT2D eigenvalue weighted by Gasteiger charge is -2.03. The first-order valence-electron chi connectivity index (χ1n) is 5.26. The van der Waals surface area contributed by atoms with Crippen LogP contribution in [0.25, 0.3) is 6.08 Å². The van der Waals surface area contributed by atoms with Crippen LogP contribution in [-0.4, -0.2) is 16.4 Å². The molecule has 1 aromatic rings. The normalized spacial score (nSPS) is 10.8. The summed E-state index contributed by atoms with van der Waals surface area (Å²) in [4.78, 5) is 10.5. The molecule has 0 amide bonds. The number of aliphatic carboxylic acids is 1. The topological polar surface area (TPSA) is 37.3 Å². The van der Waals surface area contributed by atoms with E-state index in [0.29, 0.717) is 6.42 Å². The second kappa shape index (κ2) is 7.23. The van der Waals surface area contributed by atoms with Gasteiger partial charge in [0.15, 0.2) is 0 Å². The van der Waals surface area contributed by atoms with Crippen LogP contribution in [0.2, 0.25) is 0 Å². The highest BCUT2D eigenvalue weighted by molar-refractivity contribution is 9.09. The largest absolute Gasteiger partial charge is 0.481 e. The lowest BCUT2D eigenvalue weighted by molar-refractivity contribution is -0.136. The molecule has 0 saturated heterocycles. The Balaban J connectivity index is 2.71. The third kappa shape index (κ3) is 4.62. The molecule has 0 aliphatic rings. The molecule has 0 bridgehead atoms. The number of carboxylic acid groups (broad SMARTS) is 1. The van der Waals surface area contributed by atoms with E-state index in [9.17, 15) is 4.79 Å². The van der Waals surface area contributed by atoms with Crippen molar-refractivity contribution in [3.63, 3.8) is 0 Å². The van der Waals surface area contributed by atoms with Gasteiger partial charge in [-0.25, -0.2) is 0 Å². The lowest BCUT2D eigenvalue weighted by Crippen LogP contribution is -1.98. The summed E-state index contributed by atoms with van der Waals surface area (Å²) in [6.07, 6.45) is 5.90. The Bertz CT molecular complexity index is 372. The van der Waals surface area contributed by atoms with Gasteiger partial charge in [-0.3, -0.25) is 4.79 Å². The minimum Gasteiger partial charge on any atom is -0.481 e. The number of carboxylic acids is 1. The predicted molar refractivity (Wildman–Crippen MR) is 69.8 cm³/mol. The number of aryl methyl sites for hydroxylation is 1. The Labute approximate surface area is 104 Å². The number of benzene rings is 1. The van der Waals surface area contributed by atoms with E-state index in [0.717, 1.165) is 22.9 Å². The number of halogens is 1. The van der Waals surface area contributed by atoms with Crippen LogP contribution in [0, 0.1) is 0 Å². The van der Waals surface area contributed by atoms with E-state index in [1.165, 1.54) is 0 Å². The molecule has 1 rings (SSSR count). The fourth-order valence-corrected chi connectivity index (χ4v) is 1.70. The number of hydrogen-bond donors (Lipinski definition) is 1. The maximum atomic E-state index is 10.5. The maximum Gasteiger partial charge on any atom is 0.303 e. The summed E-state index contributed by atoms with van der Waals surface area (Å²) >= 11 is 3.36. The average Bonchev–Trinajstić information content (AvgIpc) is 2.28. The molecule has 0 atom stereocenters. The van der Waals surface area contributed by atoms with Crippen LogP contribution in [0.5, 0.6) is 0 Å². The summed E-state index contributed by atoms with van der Waals surface area (Å²) in [5, 5.41) is 9.60. The van der Waals surface area contributed by atoms with E-state index in [1.54, 1.807) is 0 Å². The van der Waals surface area contributed by atoms with Crippen LogP contribution in [0.15, 0.2) is 30.3 Å². The third-order valence-corrected chi connectivity index (χ3v) is 2.69. The highest BCUT2D eigenvalue weighted by Crippen LogP contribution is 2.13. The summed E-state index contributed by atoms with van der Waals surface area (Å²) in [5.41, 5.74) is 2.21. The van der Waals surface area contributed by atoms with Crippen LogP contribution in [-0.2, 0) is 11.2 Å². The molecule has 2 nitrogen and oxygen atoms in total. The minimum absolute atomic E-state index is 0.184. The second-order valence-corrected chi connectivity index (χ2v) is 4.27. The zero-order chi connectivity index (χ0) is 11.8.